The Morgan fingerprint density at radius 1 is 1.56 bits per heavy atom. The Morgan fingerprint density at radius 3 is 2.94 bits per heavy atom. The summed E-state index contributed by atoms with van der Waals surface area (Å²) in [6, 6.07) is 3.99. The third kappa shape index (κ3) is 3.84. The fourth-order valence-corrected chi connectivity index (χ4v) is 1.18. The standard InChI is InChI=1S/C11H16FN3O/c1-3-7-13-11(16)8(2)14-10-6-4-5-9(12)15-10/h4-6,8H,3,7H2,1-2H3,(H,13,16)(H,14,15). The zero-order valence-corrected chi connectivity index (χ0v) is 9.46. The lowest BCUT2D eigenvalue weighted by Crippen LogP contribution is -2.38. The van der Waals surface area contributed by atoms with Crippen LogP contribution in [0.4, 0.5) is 10.2 Å². The summed E-state index contributed by atoms with van der Waals surface area (Å²) >= 11 is 0. The van der Waals surface area contributed by atoms with Crippen LogP contribution in [0.1, 0.15) is 20.3 Å². The highest BCUT2D eigenvalue weighted by molar-refractivity contribution is 5.83. The van der Waals surface area contributed by atoms with Crippen LogP contribution in [-0.4, -0.2) is 23.5 Å². The molecule has 0 saturated carbocycles. The lowest BCUT2D eigenvalue weighted by molar-refractivity contribution is -0.121. The lowest BCUT2D eigenvalue weighted by atomic mass is 10.3. The summed E-state index contributed by atoms with van der Waals surface area (Å²) in [6.07, 6.45) is 0.886. The molecule has 1 rings (SSSR count). The number of anilines is 1. The first kappa shape index (κ1) is 12.4. The van der Waals surface area contributed by atoms with Crippen LogP contribution in [0, 0.1) is 5.95 Å². The highest BCUT2D eigenvalue weighted by atomic mass is 19.1. The normalized spacial score (nSPS) is 11.9. The van der Waals surface area contributed by atoms with E-state index in [4.69, 9.17) is 0 Å². The second kappa shape index (κ2) is 6.05. The molecular weight excluding hydrogens is 209 g/mol. The molecule has 1 aromatic heterocycles. The van der Waals surface area contributed by atoms with Crippen LogP contribution >= 0.6 is 0 Å². The first-order chi connectivity index (χ1) is 7.63. The topological polar surface area (TPSA) is 54.0 Å². The van der Waals surface area contributed by atoms with Crippen LogP contribution < -0.4 is 10.6 Å². The Balaban J connectivity index is 2.50. The van der Waals surface area contributed by atoms with E-state index >= 15 is 0 Å². The van der Waals surface area contributed by atoms with E-state index in [2.05, 4.69) is 15.6 Å². The molecule has 0 aliphatic heterocycles. The molecule has 1 unspecified atom stereocenters. The largest absolute Gasteiger partial charge is 0.359 e. The number of carbonyl (C=O) groups excluding carboxylic acids is 1. The zero-order valence-electron chi connectivity index (χ0n) is 9.46. The van der Waals surface area contributed by atoms with Crippen LogP contribution in [0.15, 0.2) is 18.2 Å². The van der Waals surface area contributed by atoms with E-state index in [1.807, 2.05) is 6.92 Å². The van der Waals surface area contributed by atoms with Crippen molar-refractivity contribution in [1.29, 1.82) is 0 Å². The van der Waals surface area contributed by atoms with Gasteiger partial charge in [-0.25, -0.2) is 4.98 Å². The molecule has 0 bridgehead atoms. The molecule has 0 spiro atoms. The van der Waals surface area contributed by atoms with Crippen molar-refractivity contribution in [3.8, 4) is 0 Å². The van der Waals surface area contributed by atoms with Crippen molar-refractivity contribution in [2.24, 2.45) is 0 Å². The van der Waals surface area contributed by atoms with Crippen LogP contribution in [0.3, 0.4) is 0 Å². The van der Waals surface area contributed by atoms with Crippen molar-refractivity contribution in [1.82, 2.24) is 10.3 Å². The highest BCUT2D eigenvalue weighted by Gasteiger charge is 2.11. The minimum absolute atomic E-state index is 0.118. The Hall–Kier alpha value is -1.65. The second-order valence-corrected chi connectivity index (χ2v) is 3.50. The average molecular weight is 225 g/mol. The summed E-state index contributed by atoms with van der Waals surface area (Å²) in [5.74, 6) is -0.321. The van der Waals surface area contributed by atoms with Crippen LogP contribution in [0.5, 0.6) is 0 Å². The van der Waals surface area contributed by atoms with Crippen molar-refractivity contribution >= 4 is 11.7 Å². The van der Waals surface area contributed by atoms with Gasteiger partial charge in [0, 0.05) is 6.54 Å². The predicted molar refractivity (Wildman–Crippen MR) is 60.6 cm³/mol. The van der Waals surface area contributed by atoms with Crippen molar-refractivity contribution < 1.29 is 9.18 Å². The number of amides is 1. The van der Waals surface area contributed by atoms with E-state index in [1.54, 1.807) is 19.1 Å². The second-order valence-electron chi connectivity index (χ2n) is 3.50. The summed E-state index contributed by atoms with van der Waals surface area (Å²) < 4.78 is 12.8. The van der Waals surface area contributed by atoms with E-state index in [-0.39, 0.29) is 5.91 Å². The van der Waals surface area contributed by atoms with Crippen molar-refractivity contribution in [2.45, 2.75) is 26.3 Å². The molecular formula is C11H16FN3O. The number of hydrogen-bond donors (Lipinski definition) is 2. The molecule has 5 heteroatoms. The van der Waals surface area contributed by atoms with Gasteiger partial charge in [0.2, 0.25) is 11.9 Å². The van der Waals surface area contributed by atoms with Crippen LogP contribution in [0.25, 0.3) is 0 Å². The van der Waals surface area contributed by atoms with Gasteiger partial charge in [-0.2, -0.15) is 4.39 Å². The maximum absolute atomic E-state index is 12.8. The third-order valence-electron chi connectivity index (χ3n) is 2.02. The lowest BCUT2D eigenvalue weighted by Gasteiger charge is -2.14. The van der Waals surface area contributed by atoms with Gasteiger partial charge in [-0.1, -0.05) is 13.0 Å². The molecule has 0 saturated heterocycles. The maximum Gasteiger partial charge on any atom is 0.242 e. The number of nitrogens with zero attached hydrogens (tertiary/aromatic N) is 1. The Bertz CT molecular complexity index is 357. The molecule has 2 N–H and O–H groups in total. The molecule has 4 nitrogen and oxygen atoms in total. The monoisotopic (exact) mass is 225 g/mol. The summed E-state index contributed by atoms with van der Waals surface area (Å²) in [4.78, 5) is 15.1. The van der Waals surface area contributed by atoms with Gasteiger partial charge in [0.15, 0.2) is 0 Å². The molecule has 1 amide bonds. The molecule has 0 aliphatic carbocycles. The number of pyridine rings is 1. The fourth-order valence-electron chi connectivity index (χ4n) is 1.18. The van der Waals surface area contributed by atoms with Crippen LogP contribution in [-0.2, 0) is 4.79 Å². The smallest absolute Gasteiger partial charge is 0.242 e. The van der Waals surface area contributed by atoms with Gasteiger partial charge in [0.1, 0.15) is 11.9 Å². The molecule has 0 aliphatic rings. The van der Waals surface area contributed by atoms with Gasteiger partial charge in [-0.15, -0.1) is 0 Å². The number of nitrogens with one attached hydrogen (secondary N) is 2. The molecule has 1 atom stereocenters. The van der Waals surface area contributed by atoms with Gasteiger partial charge in [-0.05, 0) is 25.5 Å². The summed E-state index contributed by atoms with van der Waals surface area (Å²) in [5, 5.41) is 5.57. The number of carbonyl (C=O) groups is 1. The Kier molecular flexibility index (Phi) is 4.69. The van der Waals surface area contributed by atoms with Gasteiger partial charge in [0.05, 0.1) is 0 Å². The first-order valence-corrected chi connectivity index (χ1v) is 5.30. The van der Waals surface area contributed by atoms with Gasteiger partial charge in [0.25, 0.3) is 0 Å². The van der Waals surface area contributed by atoms with Crippen molar-refractivity contribution in [3.05, 3.63) is 24.1 Å². The summed E-state index contributed by atoms with van der Waals surface area (Å²) in [6.45, 7) is 4.32. The van der Waals surface area contributed by atoms with Crippen molar-refractivity contribution in [2.75, 3.05) is 11.9 Å². The van der Waals surface area contributed by atoms with Crippen LogP contribution in [0.2, 0.25) is 0 Å². The maximum atomic E-state index is 12.8. The quantitative estimate of drug-likeness (QED) is 0.747. The van der Waals surface area contributed by atoms with E-state index in [1.165, 1.54) is 6.07 Å². The average Bonchev–Trinajstić information content (AvgIpc) is 2.25. The van der Waals surface area contributed by atoms with E-state index < -0.39 is 12.0 Å². The zero-order chi connectivity index (χ0) is 12.0. The number of halogens is 1. The highest BCUT2D eigenvalue weighted by Crippen LogP contribution is 2.05. The van der Waals surface area contributed by atoms with E-state index in [9.17, 15) is 9.18 Å². The van der Waals surface area contributed by atoms with Gasteiger partial charge in [-0.3, -0.25) is 4.79 Å². The molecule has 16 heavy (non-hydrogen) atoms. The third-order valence-corrected chi connectivity index (χ3v) is 2.02. The first-order valence-electron chi connectivity index (χ1n) is 5.30. The minimum atomic E-state index is -0.564. The molecule has 0 fully saturated rings. The predicted octanol–water partition coefficient (Wildman–Crippen LogP) is 1.55. The number of aromatic nitrogens is 1. The molecule has 1 heterocycles. The Labute approximate surface area is 94.3 Å². The van der Waals surface area contributed by atoms with E-state index in [0.29, 0.717) is 12.4 Å². The minimum Gasteiger partial charge on any atom is -0.359 e. The molecule has 88 valence electrons. The molecule has 0 aromatic carbocycles. The fraction of sp³-hybridized carbons (Fsp3) is 0.455. The Morgan fingerprint density at radius 2 is 2.31 bits per heavy atom. The van der Waals surface area contributed by atoms with Gasteiger partial charge < -0.3 is 10.6 Å². The van der Waals surface area contributed by atoms with Gasteiger partial charge >= 0.3 is 0 Å². The summed E-state index contributed by atoms with van der Waals surface area (Å²) in [7, 11) is 0. The summed E-state index contributed by atoms with van der Waals surface area (Å²) in [5.41, 5.74) is 0. The number of rotatable bonds is 5. The van der Waals surface area contributed by atoms with Crippen molar-refractivity contribution in [3.63, 3.8) is 0 Å². The number of hydrogen-bond acceptors (Lipinski definition) is 3. The van der Waals surface area contributed by atoms with E-state index in [0.717, 1.165) is 6.42 Å². The SMILES string of the molecule is CCCNC(=O)C(C)Nc1cccc(F)n1. The molecule has 1 aromatic rings. The molecule has 0 radical (unpaired) electrons.